The van der Waals surface area contributed by atoms with Crippen molar-refractivity contribution in [3.8, 4) is 5.75 Å². The minimum absolute atomic E-state index is 0.0203. The van der Waals surface area contributed by atoms with E-state index in [2.05, 4.69) is 26.3 Å². The number of benzene rings is 1. The van der Waals surface area contributed by atoms with Crippen molar-refractivity contribution in [1.29, 1.82) is 0 Å². The lowest BCUT2D eigenvalue weighted by molar-refractivity contribution is 0.0724. The summed E-state index contributed by atoms with van der Waals surface area (Å²) in [5, 5.41) is 3.11. The number of fused-ring (bicyclic) bond motifs is 1. The normalized spacial score (nSPS) is 15.6. The molecule has 1 N–H and O–H groups in total. The molecule has 4 heterocycles. The largest absolute Gasteiger partial charge is 0.494 e. The van der Waals surface area contributed by atoms with Crippen LogP contribution in [0.5, 0.6) is 5.75 Å². The maximum absolute atomic E-state index is 13.8. The van der Waals surface area contributed by atoms with Gasteiger partial charge in [0, 0.05) is 56.4 Å². The van der Waals surface area contributed by atoms with Gasteiger partial charge in [0.1, 0.15) is 0 Å². The summed E-state index contributed by atoms with van der Waals surface area (Å²) in [6, 6.07) is 5.81. The lowest BCUT2D eigenvalue weighted by atomic mass is 9.93. The first-order valence-electron chi connectivity index (χ1n) is 11.6. The molecule has 0 atom stereocenters. The SMILES string of the molecule is CNc1nccn1Cc1cc2c(c(N3CCCC3)c1)CCN(Cc1cc(OC)c(F)cn1)C2=O. The number of carbonyl (C=O) groups excluding carboxylic acids is 1. The predicted octanol–water partition coefficient (Wildman–Crippen LogP) is 3.31. The Morgan fingerprint density at radius 3 is 2.71 bits per heavy atom. The number of nitrogens with one attached hydrogen (secondary N) is 1. The molecule has 0 spiro atoms. The molecule has 1 fully saturated rings. The quantitative estimate of drug-likeness (QED) is 0.578. The van der Waals surface area contributed by atoms with Crippen molar-refractivity contribution in [2.75, 3.05) is 44.0 Å². The first-order valence-corrected chi connectivity index (χ1v) is 11.6. The Labute approximate surface area is 198 Å². The van der Waals surface area contributed by atoms with E-state index < -0.39 is 5.82 Å². The third-order valence-corrected chi connectivity index (χ3v) is 6.62. The van der Waals surface area contributed by atoms with Crippen LogP contribution in [0.3, 0.4) is 0 Å². The highest BCUT2D eigenvalue weighted by Gasteiger charge is 2.30. The second-order valence-corrected chi connectivity index (χ2v) is 8.75. The molecular formula is C25H29FN6O2. The summed E-state index contributed by atoms with van der Waals surface area (Å²) in [7, 11) is 3.27. The van der Waals surface area contributed by atoms with Crippen molar-refractivity contribution < 1.29 is 13.9 Å². The Morgan fingerprint density at radius 2 is 1.94 bits per heavy atom. The molecule has 0 unspecified atom stereocenters. The molecule has 178 valence electrons. The van der Waals surface area contributed by atoms with E-state index in [4.69, 9.17) is 4.74 Å². The van der Waals surface area contributed by atoms with Crippen LogP contribution < -0.4 is 15.0 Å². The number of amides is 1. The summed E-state index contributed by atoms with van der Waals surface area (Å²) in [5.41, 5.74) is 4.70. The summed E-state index contributed by atoms with van der Waals surface area (Å²) in [6.07, 6.45) is 7.96. The molecule has 5 rings (SSSR count). The number of anilines is 2. The van der Waals surface area contributed by atoms with Crippen molar-refractivity contribution in [3.05, 3.63) is 65.0 Å². The van der Waals surface area contributed by atoms with Gasteiger partial charge in [0.05, 0.1) is 32.1 Å². The third-order valence-electron chi connectivity index (χ3n) is 6.62. The molecule has 2 aromatic heterocycles. The number of nitrogens with zero attached hydrogens (tertiary/aromatic N) is 5. The van der Waals surface area contributed by atoms with Gasteiger partial charge in [-0.15, -0.1) is 0 Å². The van der Waals surface area contributed by atoms with E-state index in [0.717, 1.165) is 48.3 Å². The van der Waals surface area contributed by atoms with E-state index >= 15 is 0 Å². The zero-order valence-electron chi connectivity index (χ0n) is 19.6. The van der Waals surface area contributed by atoms with Crippen LogP contribution in [0.2, 0.25) is 0 Å². The number of ether oxygens (including phenoxy) is 1. The van der Waals surface area contributed by atoms with Crippen molar-refractivity contribution in [1.82, 2.24) is 19.4 Å². The summed E-state index contributed by atoms with van der Waals surface area (Å²) in [6.45, 7) is 3.55. The van der Waals surface area contributed by atoms with Crippen molar-refractivity contribution in [3.63, 3.8) is 0 Å². The molecule has 1 aromatic carbocycles. The van der Waals surface area contributed by atoms with E-state index in [1.54, 1.807) is 17.2 Å². The molecule has 1 amide bonds. The number of methoxy groups -OCH3 is 1. The molecule has 34 heavy (non-hydrogen) atoms. The Balaban J connectivity index is 1.48. The Morgan fingerprint density at radius 1 is 1.12 bits per heavy atom. The molecule has 0 saturated carbocycles. The zero-order chi connectivity index (χ0) is 23.7. The molecule has 3 aromatic rings. The summed E-state index contributed by atoms with van der Waals surface area (Å²) in [5.74, 6) is 0.383. The molecule has 2 aliphatic heterocycles. The third kappa shape index (κ3) is 4.18. The van der Waals surface area contributed by atoms with Gasteiger partial charge in [-0.05, 0) is 42.5 Å². The summed E-state index contributed by atoms with van der Waals surface area (Å²) in [4.78, 5) is 26.3. The van der Waals surface area contributed by atoms with Crippen LogP contribution in [0.25, 0.3) is 0 Å². The lowest BCUT2D eigenvalue weighted by Gasteiger charge is -2.32. The summed E-state index contributed by atoms with van der Waals surface area (Å²) >= 11 is 0. The number of pyridine rings is 1. The van der Waals surface area contributed by atoms with Crippen LogP contribution in [0.1, 0.15) is 40.0 Å². The molecule has 1 saturated heterocycles. The first kappa shape index (κ1) is 22.2. The average Bonchev–Trinajstić information content (AvgIpc) is 3.54. The number of aromatic nitrogens is 3. The van der Waals surface area contributed by atoms with E-state index in [0.29, 0.717) is 25.3 Å². The van der Waals surface area contributed by atoms with Gasteiger partial charge in [-0.2, -0.15) is 0 Å². The maximum Gasteiger partial charge on any atom is 0.254 e. The van der Waals surface area contributed by atoms with Gasteiger partial charge in [-0.1, -0.05) is 0 Å². The van der Waals surface area contributed by atoms with Gasteiger partial charge in [0.15, 0.2) is 11.6 Å². The van der Waals surface area contributed by atoms with Gasteiger partial charge in [0.2, 0.25) is 5.95 Å². The predicted molar refractivity (Wildman–Crippen MR) is 128 cm³/mol. The van der Waals surface area contributed by atoms with E-state index in [-0.39, 0.29) is 11.7 Å². The number of imidazole rings is 1. The van der Waals surface area contributed by atoms with Crippen molar-refractivity contribution in [2.45, 2.75) is 32.4 Å². The number of halogens is 1. The lowest BCUT2D eigenvalue weighted by Crippen LogP contribution is -2.38. The smallest absolute Gasteiger partial charge is 0.254 e. The maximum atomic E-state index is 13.8. The molecule has 2 aliphatic rings. The standard InChI is InChI=1S/C25H29FN6O2/c1-27-25-28-6-10-32(25)15-17-11-20-19(22(12-17)30-7-3-4-8-30)5-9-31(24(20)33)16-18-13-23(34-2)21(26)14-29-18/h6,10-14H,3-5,7-9,15-16H2,1-2H3,(H,27,28). The minimum Gasteiger partial charge on any atom is -0.494 e. The molecule has 0 aliphatic carbocycles. The Bertz CT molecular complexity index is 1200. The zero-order valence-corrected chi connectivity index (χ0v) is 19.6. The number of hydrogen-bond acceptors (Lipinski definition) is 6. The van der Waals surface area contributed by atoms with Crippen LogP contribution in [-0.4, -0.2) is 59.1 Å². The van der Waals surface area contributed by atoms with Crippen molar-refractivity contribution in [2.24, 2.45) is 0 Å². The second kappa shape index (κ2) is 9.32. The van der Waals surface area contributed by atoms with E-state index in [9.17, 15) is 9.18 Å². The van der Waals surface area contributed by atoms with Gasteiger partial charge in [-0.25, -0.2) is 9.37 Å². The van der Waals surface area contributed by atoms with Crippen molar-refractivity contribution >= 4 is 17.5 Å². The fourth-order valence-corrected chi connectivity index (χ4v) is 4.93. The van der Waals surface area contributed by atoms with Crippen LogP contribution in [0.4, 0.5) is 16.0 Å². The van der Waals surface area contributed by atoms with Gasteiger partial charge >= 0.3 is 0 Å². The average molecular weight is 465 g/mol. The molecule has 8 nitrogen and oxygen atoms in total. The van der Waals surface area contributed by atoms with Crippen LogP contribution in [-0.2, 0) is 19.5 Å². The highest BCUT2D eigenvalue weighted by molar-refractivity contribution is 5.98. The highest BCUT2D eigenvalue weighted by atomic mass is 19.1. The fraction of sp³-hybridized carbons (Fsp3) is 0.400. The van der Waals surface area contributed by atoms with E-state index in [1.165, 1.54) is 25.6 Å². The Hall–Kier alpha value is -3.62. The van der Waals surface area contributed by atoms with Crippen LogP contribution >= 0.6 is 0 Å². The summed E-state index contributed by atoms with van der Waals surface area (Å²) < 4.78 is 20.9. The molecular weight excluding hydrogens is 435 g/mol. The monoisotopic (exact) mass is 464 g/mol. The van der Waals surface area contributed by atoms with Gasteiger partial charge in [-0.3, -0.25) is 9.78 Å². The molecule has 9 heteroatoms. The molecule has 0 radical (unpaired) electrons. The number of carbonyl (C=O) groups is 1. The van der Waals surface area contributed by atoms with Gasteiger partial charge in [0.25, 0.3) is 5.91 Å². The van der Waals surface area contributed by atoms with Gasteiger partial charge < -0.3 is 24.4 Å². The number of hydrogen-bond donors (Lipinski definition) is 1. The van der Waals surface area contributed by atoms with E-state index in [1.807, 2.05) is 23.9 Å². The minimum atomic E-state index is -0.512. The highest BCUT2D eigenvalue weighted by Crippen LogP contribution is 2.34. The Kier molecular flexibility index (Phi) is 6.08. The molecule has 0 bridgehead atoms. The topological polar surface area (TPSA) is 75.5 Å². The first-order chi connectivity index (χ1) is 16.6. The number of rotatable bonds is 7. The fourth-order valence-electron chi connectivity index (χ4n) is 4.93. The van der Waals surface area contributed by atoms with Crippen LogP contribution in [0.15, 0.2) is 36.8 Å². The van der Waals surface area contributed by atoms with Crippen LogP contribution in [0, 0.1) is 5.82 Å². The second-order valence-electron chi connectivity index (χ2n) is 8.75.